The van der Waals surface area contributed by atoms with Crippen molar-refractivity contribution in [1.82, 2.24) is 4.90 Å². The fourth-order valence-corrected chi connectivity index (χ4v) is 2.64. The summed E-state index contributed by atoms with van der Waals surface area (Å²) in [5.74, 6) is -2.53. The first-order chi connectivity index (χ1) is 9.49. The Morgan fingerprint density at radius 3 is 2.60 bits per heavy atom. The maximum Gasteiger partial charge on any atom is 0.263 e. The second-order valence-electron chi connectivity index (χ2n) is 4.85. The Bertz CT molecular complexity index is 504. The third-order valence-electron chi connectivity index (χ3n) is 3.28. The summed E-state index contributed by atoms with van der Waals surface area (Å²) in [4.78, 5) is 13.9. The van der Waals surface area contributed by atoms with Crippen molar-refractivity contribution >= 4 is 21.8 Å². The number of ether oxygens (including phenoxy) is 1. The Kier molecular flexibility index (Phi) is 4.96. The number of hydrogen-bond donors (Lipinski definition) is 0. The zero-order valence-corrected chi connectivity index (χ0v) is 12.8. The summed E-state index contributed by atoms with van der Waals surface area (Å²) >= 11 is 3.07. The molecule has 20 heavy (non-hydrogen) atoms. The van der Waals surface area contributed by atoms with Gasteiger partial charge in [-0.1, -0.05) is 15.9 Å². The van der Waals surface area contributed by atoms with Crippen molar-refractivity contribution < 1.29 is 18.3 Å². The highest BCUT2D eigenvalue weighted by Gasteiger charge is 2.25. The maximum atomic E-state index is 13.6. The van der Waals surface area contributed by atoms with Gasteiger partial charge < -0.3 is 9.64 Å². The molecule has 3 nitrogen and oxygen atoms in total. The van der Waals surface area contributed by atoms with E-state index in [1.54, 1.807) is 11.8 Å². The lowest BCUT2D eigenvalue weighted by Gasteiger charge is -2.29. The summed E-state index contributed by atoms with van der Waals surface area (Å²) in [5.41, 5.74) is 0. The number of hydrogen-bond acceptors (Lipinski definition) is 2. The lowest BCUT2D eigenvalue weighted by Crippen LogP contribution is -2.43. The molecule has 0 N–H and O–H groups in total. The minimum absolute atomic E-state index is 0.190. The molecule has 0 aliphatic carbocycles. The van der Waals surface area contributed by atoms with Gasteiger partial charge in [0.25, 0.3) is 5.91 Å². The van der Waals surface area contributed by atoms with E-state index in [-0.39, 0.29) is 11.7 Å². The van der Waals surface area contributed by atoms with Crippen LogP contribution in [0.2, 0.25) is 0 Å². The number of benzene rings is 1. The molecule has 1 aliphatic rings. The Balaban J connectivity index is 2.07. The molecule has 0 radical (unpaired) electrons. The molecule has 0 saturated carbocycles. The van der Waals surface area contributed by atoms with E-state index < -0.39 is 17.7 Å². The highest BCUT2D eigenvalue weighted by Crippen LogP contribution is 2.26. The van der Waals surface area contributed by atoms with Gasteiger partial charge in [-0.25, -0.2) is 4.39 Å². The van der Waals surface area contributed by atoms with Crippen molar-refractivity contribution in [3.05, 3.63) is 28.2 Å². The second kappa shape index (κ2) is 6.52. The molecule has 1 fully saturated rings. The molecule has 1 atom stereocenters. The lowest BCUT2D eigenvalue weighted by atomic mass is 10.1. The van der Waals surface area contributed by atoms with Crippen molar-refractivity contribution in [2.45, 2.75) is 32.3 Å². The first-order valence-corrected chi connectivity index (χ1v) is 7.38. The van der Waals surface area contributed by atoms with Crippen LogP contribution in [0.5, 0.6) is 5.75 Å². The Hall–Kier alpha value is -1.17. The average Bonchev–Trinajstić information content (AvgIpc) is 2.44. The second-order valence-corrected chi connectivity index (χ2v) is 5.76. The Morgan fingerprint density at radius 1 is 1.30 bits per heavy atom. The monoisotopic (exact) mass is 347 g/mol. The van der Waals surface area contributed by atoms with Gasteiger partial charge in [-0.3, -0.25) is 4.79 Å². The maximum absolute atomic E-state index is 13.6. The first kappa shape index (κ1) is 15.2. The SMILES string of the molecule is CC(Oc1cc(Br)cc(F)c1F)C(=O)N1CCCCC1. The topological polar surface area (TPSA) is 29.5 Å². The fraction of sp³-hybridized carbons (Fsp3) is 0.500. The summed E-state index contributed by atoms with van der Waals surface area (Å²) in [7, 11) is 0. The van der Waals surface area contributed by atoms with Gasteiger partial charge in [0.05, 0.1) is 0 Å². The third-order valence-corrected chi connectivity index (χ3v) is 3.74. The van der Waals surface area contributed by atoms with Crippen LogP contribution >= 0.6 is 15.9 Å². The van der Waals surface area contributed by atoms with Crippen LogP contribution in [0.1, 0.15) is 26.2 Å². The molecule has 1 saturated heterocycles. The van der Waals surface area contributed by atoms with E-state index in [9.17, 15) is 13.6 Å². The lowest BCUT2D eigenvalue weighted by molar-refractivity contribution is -0.138. The van der Waals surface area contributed by atoms with Crippen molar-refractivity contribution in [3.8, 4) is 5.75 Å². The quantitative estimate of drug-likeness (QED) is 0.783. The summed E-state index contributed by atoms with van der Waals surface area (Å²) < 4.78 is 32.5. The molecular formula is C14H16BrF2NO2. The van der Waals surface area contributed by atoms with Gasteiger partial charge in [0.2, 0.25) is 5.82 Å². The van der Waals surface area contributed by atoms with Gasteiger partial charge >= 0.3 is 0 Å². The van der Waals surface area contributed by atoms with Crippen molar-refractivity contribution in [3.63, 3.8) is 0 Å². The molecule has 1 aromatic rings. The van der Waals surface area contributed by atoms with E-state index in [4.69, 9.17) is 4.74 Å². The van der Waals surface area contributed by atoms with Crippen LogP contribution in [0.3, 0.4) is 0 Å². The summed E-state index contributed by atoms with van der Waals surface area (Å²) in [6.07, 6.45) is 2.22. The molecule has 6 heteroatoms. The molecule has 110 valence electrons. The van der Waals surface area contributed by atoms with E-state index in [1.165, 1.54) is 6.07 Å². The number of likely N-dealkylation sites (tertiary alicyclic amines) is 1. The zero-order valence-electron chi connectivity index (χ0n) is 11.2. The van der Waals surface area contributed by atoms with Crippen molar-refractivity contribution in [2.24, 2.45) is 0 Å². The normalized spacial score (nSPS) is 16.9. The standard InChI is InChI=1S/C14H16BrF2NO2/c1-9(14(19)18-5-3-2-4-6-18)20-12-8-10(15)7-11(16)13(12)17/h7-9H,2-6H2,1H3. The number of nitrogens with zero attached hydrogens (tertiary/aromatic N) is 1. The smallest absolute Gasteiger partial charge is 0.263 e. The molecule has 0 aromatic heterocycles. The van der Waals surface area contributed by atoms with Crippen LogP contribution in [-0.2, 0) is 4.79 Å². The molecule has 0 bridgehead atoms. The Morgan fingerprint density at radius 2 is 1.95 bits per heavy atom. The molecule has 1 aliphatic heterocycles. The predicted octanol–water partition coefficient (Wildman–Crippen LogP) is 3.51. The molecule has 0 spiro atoms. The first-order valence-electron chi connectivity index (χ1n) is 6.59. The van der Waals surface area contributed by atoms with Crippen LogP contribution in [0, 0.1) is 11.6 Å². The number of halogens is 3. The predicted molar refractivity (Wildman–Crippen MR) is 74.6 cm³/mol. The molecule has 1 unspecified atom stereocenters. The summed E-state index contributed by atoms with van der Waals surface area (Å²) in [6, 6.07) is 2.33. The molecule has 1 amide bonds. The van der Waals surface area contributed by atoms with E-state index in [2.05, 4.69) is 15.9 Å². The van der Waals surface area contributed by atoms with Gasteiger partial charge in [0, 0.05) is 17.6 Å². The fourth-order valence-electron chi connectivity index (χ4n) is 2.23. The van der Waals surface area contributed by atoms with E-state index in [0.29, 0.717) is 17.6 Å². The molecule has 1 aromatic carbocycles. The minimum Gasteiger partial charge on any atom is -0.478 e. The van der Waals surface area contributed by atoms with Crippen LogP contribution in [0.15, 0.2) is 16.6 Å². The van der Waals surface area contributed by atoms with Crippen LogP contribution in [-0.4, -0.2) is 30.0 Å². The van der Waals surface area contributed by atoms with Gasteiger partial charge in [-0.15, -0.1) is 0 Å². The number of carbonyl (C=O) groups excluding carboxylic acids is 1. The Labute approximate surface area is 125 Å². The average molecular weight is 348 g/mol. The summed E-state index contributed by atoms with van der Waals surface area (Å²) in [6.45, 7) is 2.94. The number of rotatable bonds is 3. The van der Waals surface area contributed by atoms with Gasteiger partial charge in [0.1, 0.15) is 0 Å². The van der Waals surface area contributed by atoms with E-state index in [0.717, 1.165) is 25.3 Å². The minimum atomic E-state index is -1.08. The summed E-state index contributed by atoms with van der Waals surface area (Å²) in [5, 5.41) is 0. The highest BCUT2D eigenvalue weighted by atomic mass is 79.9. The van der Waals surface area contributed by atoms with Gasteiger partial charge in [-0.2, -0.15) is 4.39 Å². The van der Waals surface area contributed by atoms with E-state index in [1.807, 2.05) is 0 Å². The van der Waals surface area contributed by atoms with Crippen molar-refractivity contribution in [2.75, 3.05) is 13.1 Å². The molecule has 2 rings (SSSR count). The molecular weight excluding hydrogens is 332 g/mol. The van der Waals surface area contributed by atoms with Crippen LogP contribution in [0.25, 0.3) is 0 Å². The zero-order chi connectivity index (χ0) is 14.7. The van der Waals surface area contributed by atoms with Crippen molar-refractivity contribution in [1.29, 1.82) is 0 Å². The van der Waals surface area contributed by atoms with E-state index >= 15 is 0 Å². The number of piperidine rings is 1. The number of amides is 1. The van der Waals surface area contributed by atoms with Gasteiger partial charge in [-0.05, 0) is 38.3 Å². The number of carbonyl (C=O) groups is 1. The van der Waals surface area contributed by atoms with Crippen LogP contribution in [0.4, 0.5) is 8.78 Å². The van der Waals surface area contributed by atoms with Gasteiger partial charge in [0.15, 0.2) is 17.7 Å². The third kappa shape index (κ3) is 3.48. The molecule has 1 heterocycles. The largest absolute Gasteiger partial charge is 0.478 e. The van der Waals surface area contributed by atoms with Crippen LogP contribution < -0.4 is 4.74 Å². The highest BCUT2D eigenvalue weighted by molar-refractivity contribution is 9.10.